The molecule has 0 amide bonds. The van der Waals surface area contributed by atoms with E-state index in [-0.39, 0.29) is 5.41 Å². The smallest absolute Gasteiger partial charge is 0.117 e. The largest absolute Gasteiger partial charge is 0.324 e. The van der Waals surface area contributed by atoms with Crippen molar-refractivity contribution in [2.45, 2.75) is 50.5 Å². The summed E-state index contributed by atoms with van der Waals surface area (Å²) in [5.74, 6) is 1.30. The fourth-order valence-corrected chi connectivity index (χ4v) is 3.65. The SMILES string of the molecule is CCC1(c2nc3cnccc3n2C2CC2)CCCNC1. The number of nitrogens with one attached hydrogen (secondary N) is 1. The molecule has 4 rings (SSSR count). The Hall–Kier alpha value is -1.42. The summed E-state index contributed by atoms with van der Waals surface area (Å²) in [7, 11) is 0. The predicted molar refractivity (Wildman–Crippen MR) is 79.9 cm³/mol. The Bertz CT molecular complexity index is 620. The topological polar surface area (TPSA) is 42.7 Å². The van der Waals surface area contributed by atoms with Crippen molar-refractivity contribution in [2.75, 3.05) is 13.1 Å². The van der Waals surface area contributed by atoms with Crippen molar-refractivity contribution in [3.63, 3.8) is 0 Å². The van der Waals surface area contributed by atoms with E-state index in [0.29, 0.717) is 6.04 Å². The van der Waals surface area contributed by atoms with Gasteiger partial charge in [0.25, 0.3) is 0 Å². The molecule has 1 saturated carbocycles. The van der Waals surface area contributed by atoms with Crippen molar-refractivity contribution < 1.29 is 0 Å². The van der Waals surface area contributed by atoms with Crippen molar-refractivity contribution in [3.05, 3.63) is 24.3 Å². The summed E-state index contributed by atoms with van der Waals surface area (Å²) >= 11 is 0. The van der Waals surface area contributed by atoms with Gasteiger partial charge in [-0.15, -0.1) is 0 Å². The lowest BCUT2D eigenvalue weighted by Gasteiger charge is -2.36. The summed E-state index contributed by atoms with van der Waals surface area (Å²) in [5.41, 5.74) is 2.54. The van der Waals surface area contributed by atoms with Crippen LogP contribution in [0.4, 0.5) is 0 Å². The molecular formula is C16H22N4. The van der Waals surface area contributed by atoms with Gasteiger partial charge in [0, 0.05) is 24.2 Å². The maximum absolute atomic E-state index is 5.00. The van der Waals surface area contributed by atoms with Crippen LogP contribution in [0.15, 0.2) is 18.5 Å². The second kappa shape index (κ2) is 4.55. The first-order valence-electron chi connectivity index (χ1n) is 7.87. The average molecular weight is 270 g/mol. The van der Waals surface area contributed by atoms with Crippen LogP contribution in [-0.2, 0) is 5.41 Å². The molecule has 2 aromatic heterocycles. The summed E-state index contributed by atoms with van der Waals surface area (Å²) in [6, 6.07) is 2.80. The van der Waals surface area contributed by atoms with Gasteiger partial charge < -0.3 is 9.88 Å². The third kappa shape index (κ3) is 1.78. The van der Waals surface area contributed by atoms with Gasteiger partial charge >= 0.3 is 0 Å². The van der Waals surface area contributed by atoms with Crippen LogP contribution in [0, 0.1) is 0 Å². The van der Waals surface area contributed by atoms with Crippen molar-refractivity contribution >= 4 is 11.0 Å². The van der Waals surface area contributed by atoms with E-state index in [0.717, 1.165) is 25.0 Å². The number of fused-ring (bicyclic) bond motifs is 1. The molecule has 1 atom stereocenters. The first kappa shape index (κ1) is 12.3. The van der Waals surface area contributed by atoms with Gasteiger partial charge in [0.05, 0.1) is 11.7 Å². The molecule has 4 nitrogen and oxygen atoms in total. The summed E-state index contributed by atoms with van der Waals surface area (Å²) in [4.78, 5) is 9.25. The molecular weight excluding hydrogens is 248 g/mol. The lowest BCUT2D eigenvalue weighted by molar-refractivity contribution is 0.280. The average Bonchev–Trinajstić information content (AvgIpc) is 3.27. The maximum atomic E-state index is 5.00. The van der Waals surface area contributed by atoms with E-state index in [2.05, 4.69) is 27.9 Å². The minimum atomic E-state index is 0.208. The van der Waals surface area contributed by atoms with Crippen molar-refractivity contribution in [1.29, 1.82) is 0 Å². The second-order valence-corrected chi connectivity index (χ2v) is 6.32. The highest BCUT2D eigenvalue weighted by atomic mass is 15.2. The highest BCUT2D eigenvalue weighted by molar-refractivity contribution is 5.75. The van der Waals surface area contributed by atoms with Crippen LogP contribution in [0.1, 0.15) is 50.9 Å². The minimum Gasteiger partial charge on any atom is -0.324 e. The normalized spacial score (nSPS) is 27.1. The second-order valence-electron chi connectivity index (χ2n) is 6.32. The van der Waals surface area contributed by atoms with Crippen LogP contribution >= 0.6 is 0 Å². The van der Waals surface area contributed by atoms with Crippen molar-refractivity contribution in [2.24, 2.45) is 0 Å². The van der Waals surface area contributed by atoms with E-state index in [4.69, 9.17) is 4.98 Å². The number of nitrogens with zero attached hydrogens (tertiary/aromatic N) is 3. The number of hydrogen-bond donors (Lipinski definition) is 1. The Morgan fingerprint density at radius 1 is 1.45 bits per heavy atom. The molecule has 4 heteroatoms. The zero-order valence-corrected chi connectivity index (χ0v) is 12.1. The van der Waals surface area contributed by atoms with Crippen LogP contribution in [0.3, 0.4) is 0 Å². The molecule has 1 saturated heterocycles. The van der Waals surface area contributed by atoms with E-state index in [1.165, 1.54) is 37.0 Å². The summed E-state index contributed by atoms with van der Waals surface area (Å²) in [5, 5.41) is 3.59. The number of rotatable bonds is 3. The predicted octanol–water partition coefficient (Wildman–Crippen LogP) is 2.80. The lowest BCUT2D eigenvalue weighted by atomic mass is 9.77. The molecule has 1 unspecified atom stereocenters. The van der Waals surface area contributed by atoms with Gasteiger partial charge in [-0.05, 0) is 44.7 Å². The van der Waals surface area contributed by atoms with E-state index < -0.39 is 0 Å². The molecule has 2 aliphatic rings. The van der Waals surface area contributed by atoms with Crippen LogP contribution in [0.5, 0.6) is 0 Å². The van der Waals surface area contributed by atoms with E-state index >= 15 is 0 Å². The molecule has 0 spiro atoms. The molecule has 0 aromatic carbocycles. The molecule has 1 aliphatic heterocycles. The Labute approximate surface area is 119 Å². The summed E-state index contributed by atoms with van der Waals surface area (Å²) in [6.07, 6.45) is 10.1. The maximum Gasteiger partial charge on any atom is 0.117 e. The highest BCUT2D eigenvalue weighted by Crippen LogP contribution is 2.43. The number of hydrogen-bond acceptors (Lipinski definition) is 3. The lowest BCUT2D eigenvalue weighted by Crippen LogP contribution is -2.44. The van der Waals surface area contributed by atoms with Crippen LogP contribution in [-0.4, -0.2) is 27.6 Å². The summed E-state index contributed by atoms with van der Waals surface area (Å²) < 4.78 is 2.52. The highest BCUT2D eigenvalue weighted by Gasteiger charge is 2.40. The third-order valence-electron chi connectivity index (χ3n) is 5.03. The number of aromatic nitrogens is 3. The third-order valence-corrected chi connectivity index (χ3v) is 5.03. The van der Waals surface area contributed by atoms with Gasteiger partial charge in [0.1, 0.15) is 11.3 Å². The first-order valence-corrected chi connectivity index (χ1v) is 7.87. The minimum absolute atomic E-state index is 0.208. The molecule has 2 fully saturated rings. The number of piperidine rings is 1. The Morgan fingerprint density at radius 2 is 2.35 bits per heavy atom. The van der Waals surface area contributed by atoms with Crippen LogP contribution < -0.4 is 5.32 Å². The van der Waals surface area contributed by atoms with Gasteiger partial charge in [0.2, 0.25) is 0 Å². The number of imidazole rings is 1. The summed E-state index contributed by atoms with van der Waals surface area (Å²) in [6.45, 7) is 4.52. The Balaban J connectivity index is 1.91. The first-order chi connectivity index (χ1) is 9.84. The molecule has 2 aromatic rings. The number of pyridine rings is 1. The van der Waals surface area contributed by atoms with Crippen LogP contribution in [0.2, 0.25) is 0 Å². The molecule has 1 aliphatic carbocycles. The van der Waals surface area contributed by atoms with Gasteiger partial charge in [-0.3, -0.25) is 4.98 Å². The van der Waals surface area contributed by atoms with Gasteiger partial charge in [-0.2, -0.15) is 0 Å². The fraction of sp³-hybridized carbons (Fsp3) is 0.625. The molecule has 20 heavy (non-hydrogen) atoms. The molecule has 106 valence electrons. The molecule has 0 bridgehead atoms. The van der Waals surface area contributed by atoms with Crippen molar-refractivity contribution in [3.8, 4) is 0 Å². The Morgan fingerprint density at radius 3 is 3.05 bits per heavy atom. The Kier molecular flexibility index (Phi) is 2.81. The molecule has 0 radical (unpaired) electrons. The van der Waals surface area contributed by atoms with E-state index in [9.17, 15) is 0 Å². The standard InChI is InChI=1S/C16H22N4/c1-2-16(7-3-8-18-11-16)15-19-13-10-17-9-6-14(13)20(15)12-4-5-12/h6,9-10,12,18H,2-5,7-8,11H2,1H3. The monoisotopic (exact) mass is 270 g/mol. The van der Waals surface area contributed by atoms with Crippen LogP contribution in [0.25, 0.3) is 11.0 Å². The zero-order chi connectivity index (χ0) is 13.6. The fourth-order valence-electron chi connectivity index (χ4n) is 3.65. The van der Waals surface area contributed by atoms with E-state index in [1.807, 2.05) is 12.4 Å². The van der Waals surface area contributed by atoms with Gasteiger partial charge in [-0.1, -0.05) is 6.92 Å². The quantitative estimate of drug-likeness (QED) is 0.932. The zero-order valence-electron chi connectivity index (χ0n) is 12.1. The molecule has 3 heterocycles. The van der Waals surface area contributed by atoms with Gasteiger partial charge in [-0.25, -0.2) is 4.98 Å². The van der Waals surface area contributed by atoms with E-state index in [1.54, 1.807) is 0 Å². The molecule has 1 N–H and O–H groups in total. The van der Waals surface area contributed by atoms with Gasteiger partial charge in [0.15, 0.2) is 0 Å². The van der Waals surface area contributed by atoms with Crippen molar-refractivity contribution in [1.82, 2.24) is 19.9 Å².